The molecule has 0 atom stereocenters. The second-order valence-electron chi connectivity index (χ2n) is 7.66. The number of carbonyl (C=O) groups excluding carboxylic acids is 2. The predicted octanol–water partition coefficient (Wildman–Crippen LogP) is 3.32. The van der Waals surface area contributed by atoms with Crippen LogP contribution in [0.1, 0.15) is 45.6 Å². The number of hydrogen-bond acceptors (Lipinski definition) is 5. The number of carbonyl (C=O) groups is 2. The normalized spacial score (nSPS) is 18.2. The highest BCUT2D eigenvalue weighted by Crippen LogP contribution is 2.34. The minimum absolute atomic E-state index is 0.176. The van der Waals surface area contributed by atoms with Crippen LogP contribution in [-0.4, -0.2) is 61.1 Å². The van der Waals surface area contributed by atoms with Crippen molar-refractivity contribution in [3.8, 4) is 5.75 Å². The molecule has 3 rings (SSSR count). The molecule has 0 spiro atoms. The lowest BCUT2D eigenvalue weighted by Crippen LogP contribution is -2.39. The van der Waals surface area contributed by atoms with Gasteiger partial charge in [-0.2, -0.15) is 0 Å². The molecule has 0 radical (unpaired) electrons. The van der Waals surface area contributed by atoms with Crippen LogP contribution in [0.5, 0.6) is 5.75 Å². The second-order valence-corrected chi connectivity index (χ2v) is 7.66. The van der Waals surface area contributed by atoms with Gasteiger partial charge in [0.1, 0.15) is 11.4 Å². The molecule has 6 heteroatoms. The Bertz CT molecular complexity index is 749. The van der Waals surface area contributed by atoms with E-state index in [2.05, 4.69) is 11.8 Å². The van der Waals surface area contributed by atoms with Gasteiger partial charge in [-0.05, 0) is 56.7 Å². The number of imide groups is 1. The molecule has 2 amide bonds. The molecule has 2 aliphatic rings. The highest BCUT2D eigenvalue weighted by molar-refractivity contribution is 6.35. The van der Waals surface area contributed by atoms with Gasteiger partial charge in [-0.3, -0.25) is 14.5 Å². The Morgan fingerprint density at radius 1 is 1.00 bits per heavy atom. The summed E-state index contributed by atoms with van der Waals surface area (Å²) in [6, 6.07) is 7.47. The van der Waals surface area contributed by atoms with Crippen LogP contribution in [0.15, 0.2) is 30.0 Å². The molecule has 0 N–H and O–H groups in total. The molecule has 1 fully saturated rings. The summed E-state index contributed by atoms with van der Waals surface area (Å²) in [4.78, 5) is 30.0. The van der Waals surface area contributed by atoms with E-state index < -0.39 is 0 Å². The molecule has 29 heavy (non-hydrogen) atoms. The maximum atomic E-state index is 13.3. The zero-order chi connectivity index (χ0) is 20.8. The maximum absolute atomic E-state index is 13.3. The van der Waals surface area contributed by atoms with Crippen molar-refractivity contribution >= 4 is 17.4 Å². The summed E-state index contributed by atoms with van der Waals surface area (Å²) in [5.41, 5.74) is 1.85. The molecule has 6 nitrogen and oxygen atoms in total. The zero-order valence-corrected chi connectivity index (χ0v) is 17.8. The van der Waals surface area contributed by atoms with Crippen LogP contribution >= 0.6 is 0 Å². The van der Waals surface area contributed by atoms with Crippen LogP contribution in [0.3, 0.4) is 0 Å². The predicted molar refractivity (Wildman–Crippen MR) is 112 cm³/mol. The van der Waals surface area contributed by atoms with Gasteiger partial charge in [0.2, 0.25) is 0 Å². The Balaban J connectivity index is 1.89. The van der Waals surface area contributed by atoms with Gasteiger partial charge in [0.05, 0.1) is 12.2 Å². The van der Waals surface area contributed by atoms with Crippen molar-refractivity contribution in [1.29, 1.82) is 0 Å². The summed E-state index contributed by atoms with van der Waals surface area (Å²) < 4.78 is 10.9. The van der Waals surface area contributed by atoms with Gasteiger partial charge in [-0.1, -0.05) is 19.1 Å². The fourth-order valence-electron chi connectivity index (χ4n) is 3.91. The van der Waals surface area contributed by atoms with Crippen LogP contribution in [0.25, 0.3) is 5.57 Å². The van der Waals surface area contributed by atoms with E-state index in [1.807, 2.05) is 38.1 Å². The van der Waals surface area contributed by atoms with Crippen molar-refractivity contribution in [3.05, 3.63) is 35.5 Å². The van der Waals surface area contributed by atoms with Gasteiger partial charge in [0, 0.05) is 32.8 Å². The smallest absolute Gasteiger partial charge is 0.277 e. The SMILES string of the molecule is CCOCCCN1C(=O)C(c2ccc(OCC)cc2)=C(N2CCC(C)CC2)C1=O. The molecular formula is C23H32N2O4. The first-order chi connectivity index (χ1) is 14.1. The van der Waals surface area contributed by atoms with Crippen LogP contribution in [0.4, 0.5) is 0 Å². The monoisotopic (exact) mass is 400 g/mol. The molecule has 0 unspecified atom stereocenters. The fraction of sp³-hybridized carbons (Fsp3) is 0.565. The highest BCUT2D eigenvalue weighted by Gasteiger charge is 2.41. The van der Waals surface area contributed by atoms with Crippen molar-refractivity contribution in [3.63, 3.8) is 0 Å². The summed E-state index contributed by atoms with van der Waals surface area (Å²) in [6.45, 7) is 9.87. The van der Waals surface area contributed by atoms with Gasteiger partial charge in [-0.25, -0.2) is 0 Å². The van der Waals surface area contributed by atoms with Crippen molar-refractivity contribution in [2.24, 2.45) is 5.92 Å². The summed E-state index contributed by atoms with van der Waals surface area (Å²) in [6.07, 6.45) is 2.71. The Labute approximate surface area is 173 Å². The topological polar surface area (TPSA) is 59.1 Å². The number of likely N-dealkylation sites (tertiary alicyclic amines) is 1. The van der Waals surface area contributed by atoms with E-state index in [0.29, 0.717) is 50.0 Å². The minimum Gasteiger partial charge on any atom is -0.494 e. The lowest BCUT2D eigenvalue weighted by molar-refractivity contribution is -0.137. The molecule has 0 bridgehead atoms. The third-order valence-corrected chi connectivity index (χ3v) is 5.57. The van der Waals surface area contributed by atoms with E-state index in [0.717, 1.165) is 37.2 Å². The second kappa shape index (κ2) is 9.92. The van der Waals surface area contributed by atoms with E-state index in [-0.39, 0.29) is 11.8 Å². The number of amides is 2. The van der Waals surface area contributed by atoms with Crippen molar-refractivity contribution in [2.45, 2.75) is 40.0 Å². The molecule has 1 saturated heterocycles. The number of hydrogen-bond donors (Lipinski definition) is 0. The first-order valence-electron chi connectivity index (χ1n) is 10.7. The van der Waals surface area contributed by atoms with Crippen LogP contribution < -0.4 is 4.74 Å². The van der Waals surface area contributed by atoms with E-state index in [1.54, 1.807) is 0 Å². The average Bonchev–Trinajstić information content (AvgIpc) is 2.97. The largest absolute Gasteiger partial charge is 0.494 e. The van der Waals surface area contributed by atoms with Gasteiger partial charge < -0.3 is 14.4 Å². The Kier molecular flexibility index (Phi) is 7.31. The summed E-state index contributed by atoms with van der Waals surface area (Å²) in [7, 11) is 0. The molecular weight excluding hydrogens is 368 g/mol. The Hall–Kier alpha value is -2.34. The third-order valence-electron chi connectivity index (χ3n) is 5.57. The molecule has 158 valence electrons. The number of benzene rings is 1. The first-order valence-corrected chi connectivity index (χ1v) is 10.7. The number of rotatable bonds is 9. The fourth-order valence-corrected chi connectivity index (χ4v) is 3.91. The minimum atomic E-state index is -0.204. The first kappa shape index (κ1) is 21.4. The highest BCUT2D eigenvalue weighted by atomic mass is 16.5. The van der Waals surface area contributed by atoms with Crippen LogP contribution in [0.2, 0.25) is 0 Å². The Morgan fingerprint density at radius 2 is 1.69 bits per heavy atom. The molecule has 0 aromatic heterocycles. The standard InChI is InChI=1S/C23H32N2O4/c1-4-28-16-6-13-25-22(26)20(18-7-9-19(10-8-18)29-5-2)21(23(25)27)24-14-11-17(3)12-15-24/h7-10,17H,4-6,11-16H2,1-3H3. The molecule has 1 aromatic carbocycles. The summed E-state index contributed by atoms with van der Waals surface area (Å²) >= 11 is 0. The van der Waals surface area contributed by atoms with Crippen molar-refractivity contribution in [2.75, 3.05) is 39.5 Å². The molecule has 1 aromatic rings. The lowest BCUT2D eigenvalue weighted by Gasteiger charge is -2.32. The summed E-state index contributed by atoms with van der Waals surface area (Å²) in [5, 5.41) is 0. The molecule has 2 aliphatic heterocycles. The van der Waals surface area contributed by atoms with Gasteiger partial charge in [0.15, 0.2) is 0 Å². The van der Waals surface area contributed by atoms with E-state index in [1.165, 1.54) is 4.90 Å². The van der Waals surface area contributed by atoms with Crippen molar-refractivity contribution in [1.82, 2.24) is 9.80 Å². The quantitative estimate of drug-likeness (QED) is 0.470. The van der Waals surface area contributed by atoms with Gasteiger partial charge in [0.25, 0.3) is 11.8 Å². The zero-order valence-electron chi connectivity index (χ0n) is 17.8. The maximum Gasteiger partial charge on any atom is 0.277 e. The van der Waals surface area contributed by atoms with Crippen molar-refractivity contribution < 1.29 is 19.1 Å². The van der Waals surface area contributed by atoms with E-state index >= 15 is 0 Å². The molecule has 0 saturated carbocycles. The van der Waals surface area contributed by atoms with Gasteiger partial charge in [-0.15, -0.1) is 0 Å². The van der Waals surface area contributed by atoms with Crippen LogP contribution in [-0.2, 0) is 14.3 Å². The van der Waals surface area contributed by atoms with Gasteiger partial charge >= 0.3 is 0 Å². The number of ether oxygens (including phenoxy) is 2. The van der Waals surface area contributed by atoms with E-state index in [9.17, 15) is 9.59 Å². The third kappa shape index (κ3) is 4.81. The molecule has 2 heterocycles. The molecule has 0 aliphatic carbocycles. The summed E-state index contributed by atoms with van der Waals surface area (Å²) in [5.74, 6) is 1.03. The number of nitrogens with zero attached hydrogens (tertiary/aromatic N) is 2. The lowest BCUT2D eigenvalue weighted by atomic mass is 9.97. The average molecular weight is 401 g/mol. The van der Waals surface area contributed by atoms with E-state index in [4.69, 9.17) is 9.47 Å². The number of piperidine rings is 1. The van der Waals surface area contributed by atoms with Crippen LogP contribution in [0, 0.1) is 5.92 Å². The Morgan fingerprint density at radius 3 is 2.31 bits per heavy atom.